The molecule has 0 amide bonds. The summed E-state index contributed by atoms with van der Waals surface area (Å²) in [6, 6.07) is 1.25. The van der Waals surface area contributed by atoms with Gasteiger partial charge in [-0.2, -0.15) is 5.26 Å². The predicted molar refractivity (Wildman–Crippen MR) is 79.2 cm³/mol. The molecule has 2 aliphatic carbocycles. The molecule has 120 valence electrons. The average Bonchev–Trinajstić information content (AvgIpc) is 2.53. The second-order valence-corrected chi connectivity index (χ2v) is 6.39. The number of hydrogen-bond donors (Lipinski definition) is 0. The lowest BCUT2D eigenvalue weighted by molar-refractivity contribution is -0.527. The zero-order valence-corrected chi connectivity index (χ0v) is 12.5. The van der Waals surface area contributed by atoms with Gasteiger partial charge in [0.25, 0.3) is 0 Å². The lowest BCUT2D eigenvalue weighted by atomic mass is 9.78. The first-order valence-corrected chi connectivity index (χ1v) is 7.90. The minimum atomic E-state index is -0.500. The Bertz CT molecular complexity index is 503. The molecule has 0 aromatic heterocycles. The Kier molecular flexibility index (Phi) is 5.47. The molecule has 7 nitrogen and oxygen atoms in total. The molecule has 2 aliphatic rings. The molecule has 0 saturated heterocycles. The van der Waals surface area contributed by atoms with Crippen molar-refractivity contribution in [3.8, 4) is 6.07 Å². The molecule has 22 heavy (non-hydrogen) atoms. The molecule has 0 N–H and O–H groups in total. The Morgan fingerprint density at radius 1 is 1.00 bits per heavy atom. The van der Waals surface area contributed by atoms with Gasteiger partial charge in [0.15, 0.2) is 0 Å². The van der Waals surface area contributed by atoms with Crippen molar-refractivity contribution in [1.29, 1.82) is 5.26 Å². The third-order valence-corrected chi connectivity index (χ3v) is 4.96. The van der Waals surface area contributed by atoms with E-state index in [-0.39, 0.29) is 21.7 Å². The van der Waals surface area contributed by atoms with Crippen molar-refractivity contribution in [3.63, 3.8) is 0 Å². The Morgan fingerprint density at radius 3 is 2.18 bits per heavy atom. The molecule has 7 heteroatoms. The molecule has 2 atom stereocenters. The van der Waals surface area contributed by atoms with E-state index in [4.69, 9.17) is 0 Å². The molecule has 0 bridgehead atoms. The predicted octanol–water partition coefficient (Wildman–Crippen LogP) is 3.11. The maximum absolute atomic E-state index is 10.9. The summed E-state index contributed by atoms with van der Waals surface area (Å²) in [6.45, 7) is 0. The molecular weight excluding hydrogens is 286 g/mol. The summed E-state index contributed by atoms with van der Waals surface area (Å²) in [5.74, 6) is 0.171. The first-order valence-electron chi connectivity index (χ1n) is 7.90. The van der Waals surface area contributed by atoms with Crippen molar-refractivity contribution in [2.24, 2.45) is 11.8 Å². The summed E-state index contributed by atoms with van der Waals surface area (Å²) in [5, 5.41) is 31.1. The lowest BCUT2D eigenvalue weighted by Gasteiger charge is -2.26. The maximum atomic E-state index is 10.9. The maximum Gasteiger partial charge on any atom is 0.213 e. The van der Waals surface area contributed by atoms with E-state index >= 15 is 0 Å². The molecule has 0 unspecified atom stereocenters. The van der Waals surface area contributed by atoms with Crippen molar-refractivity contribution in [2.75, 3.05) is 0 Å². The van der Waals surface area contributed by atoms with E-state index in [1.807, 2.05) is 6.08 Å². The monoisotopic (exact) mass is 307 g/mol. The van der Waals surface area contributed by atoms with E-state index in [1.54, 1.807) is 0 Å². The van der Waals surface area contributed by atoms with Crippen LogP contribution in [-0.4, -0.2) is 21.9 Å². The Balaban J connectivity index is 1.98. The fraction of sp³-hybridized carbons (Fsp3) is 0.800. The normalized spacial score (nSPS) is 33.0. The van der Waals surface area contributed by atoms with E-state index in [0.717, 1.165) is 12.8 Å². The van der Waals surface area contributed by atoms with Gasteiger partial charge in [-0.15, -0.1) is 0 Å². The van der Waals surface area contributed by atoms with Crippen LogP contribution in [0.15, 0.2) is 11.6 Å². The number of hydrogen-bond acceptors (Lipinski definition) is 5. The minimum absolute atomic E-state index is 0.0807. The zero-order chi connectivity index (χ0) is 16.1. The van der Waals surface area contributed by atoms with Crippen LogP contribution in [0.3, 0.4) is 0 Å². The Hall–Kier alpha value is -1.97. The molecule has 0 radical (unpaired) electrons. The highest BCUT2D eigenvalue weighted by molar-refractivity contribution is 5.25. The molecule has 0 spiro atoms. The van der Waals surface area contributed by atoms with Crippen LogP contribution >= 0.6 is 0 Å². The van der Waals surface area contributed by atoms with E-state index in [9.17, 15) is 25.5 Å². The number of nitriles is 1. The number of nitrogens with zero attached hydrogens (tertiary/aromatic N) is 3. The van der Waals surface area contributed by atoms with Gasteiger partial charge in [0.05, 0.1) is 6.07 Å². The fourth-order valence-corrected chi connectivity index (χ4v) is 3.66. The molecule has 0 aliphatic heterocycles. The molecule has 0 aromatic rings. The number of rotatable bonds is 4. The van der Waals surface area contributed by atoms with Gasteiger partial charge in [0.2, 0.25) is 12.1 Å². The second kappa shape index (κ2) is 7.34. The van der Waals surface area contributed by atoms with Gasteiger partial charge in [-0.05, 0) is 37.5 Å². The largest absolute Gasteiger partial charge is 0.264 e. The first-order chi connectivity index (χ1) is 10.5. The van der Waals surface area contributed by atoms with Crippen LogP contribution in [0.1, 0.15) is 51.4 Å². The highest BCUT2D eigenvalue weighted by atomic mass is 16.6. The SMILES string of the molecule is N#C/C(=C\[C@H]1CCC[C@@H]([N+](=O)[O-])C1)C1CCC([N+](=O)[O-])CC1. The number of allylic oxidation sites excluding steroid dienone is 2. The lowest BCUT2D eigenvalue weighted by Crippen LogP contribution is -2.28. The molecule has 0 heterocycles. The van der Waals surface area contributed by atoms with Crippen molar-refractivity contribution < 1.29 is 9.85 Å². The topological polar surface area (TPSA) is 110 Å². The fourth-order valence-electron chi connectivity index (χ4n) is 3.66. The smallest absolute Gasteiger partial charge is 0.213 e. The highest BCUT2D eigenvalue weighted by Gasteiger charge is 2.32. The van der Waals surface area contributed by atoms with Crippen molar-refractivity contribution >= 4 is 0 Å². The summed E-state index contributed by atoms with van der Waals surface area (Å²) >= 11 is 0. The minimum Gasteiger partial charge on any atom is -0.264 e. The van der Waals surface area contributed by atoms with Gasteiger partial charge in [0.1, 0.15) is 0 Å². The van der Waals surface area contributed by atoms with E-state index in [2.05, 4.69) is 6.07 Å². The standard InChI is InChI=1S/C15H21N3O4/c16-10-13(12-4-6-14(7-5-12)17(19)20)8-11-2-1-3-15(9-11)18(21)22/h8,11-12,14-15H,1-7,9H2/b13-8+/t11-,12?,14?,15-/m1/s1. The van der Waals surface area contributed by atoms with Crippen LogP contribution in [-0.2, 0) is 0 Å². The Morgan fingerprint density at radius 2 is 1.64 bits per heavy atom. The van der Waals surface area contributed by atoms with Gasteiger partial charge in [-0.1, -0.05) is 6.08 Å². The van der Waals surface area contributed by atoms with Crippen molar-refractivity contribution in [2.45, 2.75) is 63.5 Å². The molecular formula is C15H21N3O4. The summed E-state index contributed by atoms with van der Waals surface area (Å²) in [5.41, 5.74) is 0.677. The summed E-state index contributed by atoms with van der Waals surface area (Å²) in [6.07, 6.45) is 7.09. The van der Waals surface area contributed by atoms with Crippen LogP contribution in [0.4, 0.5) is 0 Å². The van der Waals surface area contributed by atoms with Crippen LogP contribution in [0.5, 0.6) is 0 Å². The van der Waals surface area contributed by atoms with Crippen LogP contribution in [0, 0.1) is 43.4 Å². The summed E-state index contributed by atoms with van der Waals surface area (Å²) < 4.78 is 0. The van der Waals surface area contributed by atoms with Gasteiger partial charge < -0.3 is 0 Å². The third kappa shape index (κ3) is 4.03. The first kappa shape index (κ1) is 16.4. The molecule has 2 fully saturated rings. The highest BCUT2D eigenvalue weighted by Crippen LogP contribution is 2.34. The van der Waals surface area contributed by atoms with Gasteiger partial charge in [0, 0.05) is 41.1 Å². The van der Waals surface area contributed by atoms with Crippen LogP contribution in [0.2, 0.25) is 0 Å². The molecule has 2 rings (SSSR count). The van der Waals surface area contributed by atoms with E-state index in [1.165, 1.54) is 0 Å². The second-order valence-electron chi connectivity index (χ2n) is 6.39. The molecule has 0 aromatic carbocycles. The third-order valence-electron chi connectivity index (χ3n) is 4.96. The average molecular weight is 307 g/mol. The number of nitro groups is 2. The zero-order valence-electron chi connectivity index (χ0n) is 12.5. The van der Waals surface area contributed by atoms with Crippen molar-refractivity contribution in [1.82, 2.24) is 0 Å². The van der Waals surface area contributed by atoms with Crippen LogP contribution in [0.25, 0.3) is 0 Å². The quantitative estimate of drug-likeness (QED) is 0.450. The summed E-state index contributed by atoms with van der Waals surface area (Å²) in [7, 11) is 0. The molecule has 2 saturated carbocycles. The Labute approximate surface area is 129 Å². The van der Waals surface area contributed by atoms with Gasteiger partial charge >= 0.3 is 0 Å². The van der Waals surface area contributed by atoms with E-state index in [0.29, 0.717) is 44.1 Å². The van der Waals surface area contributed by atoms with Gasteiger partial charge in [-0.25, -0.2) is 0 Å². The van der Waals surface area contributed by atoms with Gasteiger partial charge in [-0.3, -0.25) is 20.2 Å². The summed E-state index contributed by atoms with van der Waals surface area (Å²) in [4.78, 5) is 21.3. The van der Waals surface area contributed by atoms with E-state index < -0.39 is 12.1 Å². The van der Waals surface area contributed by atoms with Crippen LogP contribution < -0.4 is 0 Å². The van der Waals surface area contributed by atoms with Crippen molar-refractivity contribution in [3.05, 3.63) is 31.9 Å².